The van der Waals surface area contributed by atoms with Crippen LogP contribution >= 0.6 is 0 Å². The lowest BCUT2D eigenvalue weighted by Gasteiger charge is -2.05. The molecule has 2 rings (SSSR count). The van der Waals surface area contributed by atoms with Crippen molar-refractivity contribution < 1.29 is 9.90 Å². The number of hydrogen-bond acceptors (Lipinski definition) is 1. The van der Waals surface area contributed by atoms with Gasteiger partial charge in [0.2, 0.25) is 0 Å². The number of aromatic nitrogens is 1. The summed E-state index contributed by atoms with van der Waals surface area (Å²) in [5, 5.41) is 9.00. The van der Waals surface area contributed by atoms with Crippen LogP contribution in [0.2, 0.25) is 0 Å². The van der Waals surface area contributed by atoms with Crippen LogP contribution in [0.5, 0.6) is 0 Å². The molecule has 1 aliphatic carbocycles. The summed E-state index contributed by atoms with van der Waals surface area (Å²) in [6.45, 7) is 2.69. The average Bonchev–Trinajstić information content (AvgIpc) is 2.86. The van der Waals surface area contributed by atoms with Crippen molar-refractivity contribution in [3.8, 4) is 0 Å². The molecule has 1 fully saturated rings. The largest absolute Gasteiger partial charge is 0.477 e. The molecule has 1 aromatic heterocycles. The Hall–Kier alpha value is -1.25. The van der Waals surface area contributed by atoms with E-state index in [4.69, 9.17) is 5.11 Å². The number of hydrogen-bond donors (Lipinski definition) is 1. The van der Waals surface area contributed by atoms with Crippen LogP contribution in [0, 0.1) is 12.8 Å². The summed E-state index contributed by atoms with van der Waals surface area (Å²) < 4.78 is 1.86. The zero-order valence-electron chi connectivity index (χ0n) is 8.36. The maximum atomic E-state index is 10.9. The van der Waals surface area contributed by atoms with Crippen LogP contribution in [0.3, 0.4) is 0 Å². The fourth-order valence-electron chi connectivity index (χ4n) is 1.79. The second-order valence-electron chi connectivity index (χ2n) is 4.08. The number of aromatic carboxylic acids is 1. The van der Waals surface area contributed by atoms with Crippen LogP contribution in [-0.4, -0.2) is 15.6 Å². The van der Waals surface area contributed by atoms with Gasteiger partial charge in [-0.3, -0.25) is 0 Å². The lowest BCUT2D eigenvalue weighted by Crippen LogP contribution is -2.09. The topological polar surface area (TPSA) is 42.2 Å². The summed E-state index contributed by atoms with van der Waals surface area (Å²) >= 11 is 0. The standard InChI is InChI=1S/C11H15NO2/c1-8-4-6-12(10(8)11(13)14)7-5-9-2-3-9/h4,6,9H,2-3,5,7H2,1H3,(H,13,14). The molecule has 0 bridgehead atoms. The molecule has 0 aromatic carbocycles. The van der Waals surface area contributed by atoms with Gasteiger partial charge in [-0.15, -0.1) is 0 Å². The monoisotopic (exact) mass is 193 g/mol. The maximum Gasteiger partial charge on any atom is 0.352 e. The number of aryl methyl sites for hydroxylation is 2. The zero-order chi connectivity index (χ0) is 10.1. The minimum atomic E-state index is -0.816. The first-order valence-corrected chi connectivity index (χ1v) is 5.07. The maximum absolute atomic E-state index is 10.9. The van der Waals surface area contributed by atoms with Crippen molar-refractivity contribution in [2.75, 3.05) is 0 Å². The molecule has 0 saturated heterocycles. The third kappa shape index (κ3) is 1.81. The number of carbonyl (C=O) groups is 1. The highest BCUT2D eigenvalue weighted by molar-refractivity contribution is 5.87. The van der Waals surface area contributed by atoms with E-state index in [0.717, 1.165) is 24.4 Å². The average molecular weight is 193 g/mol. The van der Waals surface area contributed by atoms with Crippen molar-refractivity contribution in [2.45, 2.75) is 32.7 Å². The van der Waals surface area contributed by atoms with Crippen molar-refractivity contribution in [1.29, 1.82) is 0 Å². The molecule has 0 amide bonds. The molecule has 0 atom stereocenters. The summed E-state index contributed by atoms with van der Waals surface area (Å²) in [4.78, 5) is 10.9. The van der Waals surface area contributed by atoms with Crippen LogP contribution in [-0.2, 0) is 6.54 Å². The number of nitrogens with zero attached hydrogens (tertiary/aromatic N) is 1. The van der Waals surface area contributed by atoms with Gasteiger partial charge in [0.1, 0.15) is 5.69 Å². The highest BCUT2D eigenvalue weighted by Gasteiger charge is 2.22. The lowest BCUT2D eigenvalue weighted by molar-refractivity contribution is 0.0684. The van der Waals surface area contributed by atoms with Crippen molar-refractivity contribution in [3.63, 3.8) is 0 Å². The van der Waals surface area contributed by atoms with Gasteiger partial charge in [0, 0.05) is 12.7 Å². The Kier molecular flexibility index (Phi) is 2.32. The van der Waals surface area contributed by atoms with E-state index in [1.165, 1.54) is 12.8 Å². The van der Waals surface area contributed by atoms with Gasteiger partial charge in [0.05, 0.1) is 0 Å². The second-order valence-corrected chi connectivity index (χ2v) is 4.08. The van der Waals surface area contributed by atoms with Crippen LogP contribution in [0.1, 0.15) is 35.3 Å². The van der Waals surface area contributed by atoms with Gasteiger partial charge >= 0.3 is 5.97 Å². The van der Waals surface area contributed by atoms with E-state index >= 15 is 0 Å². The minimum Gasteiger partial charge on any atom is -0.477 e. The highest BCUT2D eigenvalue weighted by atomic mass is 16.4. The van der Waals surface area contributed by atoms with Gasteiger partial charge in [0.25, 0.3) is 0 Å². The molecule has 0 spiro atoms. The minimum absolute atomic E-state index is 0.450. The molecule has 1 N–H and O–H groups in total. The molecule has 3 heteroatoms. The van der Waals surface area contributed by atoms with E-state index < -0.39 is 5.97 Å². The van der Waals surface area contributed by atoms with Crippen LogP contribution in [0.25, 0.3) is 0 Å². The SMILES string of the molecule is Cc1ccn(CCC2CC2)c1C(=O)O. The van der Waals surface area contributed by atoms with Gasteiger partial charge in [-0.05, 0) is 30.9 Å². The van der Waals surface area contributed by atoms with Crippen LogP contribution in [0.4, 0.5) is 0 Å². The van der Waals surface area contributed by atoms with Gasteiger partial charge in [0.15, 0.2) is 0 Å². The zero-order valence-corrected chi connectivity index (χ0v) is 8.36. The van der Waals surface area contributed by atoms with Crippen molar-refractivity contribution >= 4 is 5.97 Å². The Bertz CT molecular complexity index is 350. The van der Waals surface area contributed by atoms with Crippen LogP contribution in [0.15, 0.2) is 12.3 Å². The molecule has 14 heavy (non-hydrogen) atoms. The molecular formula is C11H15NO2. The van der Waals surface area contributed by atoms with Crippen molar-refractivity contribution in [2.24, 2.45) is 5.92 Å². The van der Waals surface area contributed by atoms with Gasteiger partial charge in [-0.1, -0.05) is 12.8 Å². The third-order valence-corrected chi connectivity index (χ3v) is 2.84. The number of rotatable bonds is 4. The van der Waals surface area contributed by atoms with E-state index in [0.29, 0.717) is 5.69 Å². The molecule has 1 heterocycles. The Balaban J connectivity index is 2.10. The summed E-state index contributed by atoms with van der Waals surface area (Å²) in [6, 6.07) is 1.87. The summed E-state index contributed by atoms with van der Waals surface area (Å²) in [5.41, 5.74) is 1.30. The van der Waals surface area contributed by atoms with Crippen LogP contribution < -0.4 is 0 Å². The predicted molar refractivity (Wildman–Crippen MR) is 53.5 cm³/mol. The summed E-state index contributed by atoms with van der Waals surface area (Å²) in [6.07, 6.45) is 5.64. The van der Waals surface area contributed by atoms with Crippen molar-refractivity contribution in [3.05, 3.63) is 23.5 Å². The summed E-state index contributed by atoms with van der Waals surface area (Å²) in [5.74, 6) is 0.0302. The van der Waals surface area contributed by atoms with Crippen molar-refractivity contribution in [1.82, 2.24) is 4.57 Å². The quantitative estimate of drug-likeness (QED) is 0.797. The molecule has 1 saturated carbocycles. The van der Waals surface area contributed by atoms with Gasteiger partial charge in [-0.2, -0.15) is 0 Å². The molecule has 0 unspecified atom stereocenters. The Morgan fingerprint density at radius 1 is 1.64 bits per heavy atom. The summed E-state index contributed by atoms with van der Waals surface area (Å²) in [7, 11) is 0. The second kappa shape index (κ2) is 3.48. The smallest absolute Gasteiger partial charge is 0.352 e. The fourth-order valence-corrected chi connectivity index (χ4v) is 1.79. The third-order valence-electron chi connectivity index (χ3n) is 2.84. The van der Waals surface area contributed by atoms with E-state index in [1.807, 2.05) is 23.8 Å². The lowest BCUT2D eigenvalue weighted by atomic mass is 10.2. The Labute approximate surface area is 83.4 Å². The van der Waals surface area contributed by atoms with E-state index in [2.05, 4.69) is 0 Å². The first-order chi connectivity index (χ1) is 6.68. The van der Waals surface area contributed by atoms with E-state index in [-0.39, 0.29) is 0 Å². The Morgan fingerprint density at radius 2 is 2.36 bits per heavy atom. The van der Waals surface area contributed by atoms with E-state index in [9.17, 15) is 4.79 Å². The van der Waals surface area contributed by atoms with Gasteiger partial charge < -0.3 is 9.67 Å². The molecule has 3 nitrogen and oxygen atoms in total. The molecule has 76 valence electrons. The molecule has 1 aromatic rings. The number of carboxylic acid groups (broad SMARTS) is 1. The molecular weight excluding hydrogens is 178 g/mol. The Morgan fingerprint density at radius 3 is 2.93 bits per heavy atom. The molecule has 0 aliphatic heterocycles. The first-order valence-electron chi connectivity index (χ1n) is 5.07. The number of carboxylic acids is 1. The molecule has 0 radical (unpaired) electrons. The highest BCUT2D eigenvalue weighted by Crippen LogP contribution is 2.33. The molecule has 1 aliphatic rings. The predicted octanol–water partition coefficient (Wildman–Crippen LogP) is 2.29. The van der Waals surface area contributed by atoms with E-state index in [1.54, 1.807) is 0 Å². The first kappa shape index (κ1) is 9.31. The normalized spacial score (nSPS) is 15.8. The fraction of sp³-hybridized carbons (Fsp3) is 0.545. The van der Waals surface area contributed by atoms with Gasteiger partial charge in [-0.25, -0.2) is 4.79 Å².